The van der Waals surface area contributed by atoms with Crippen LogP contribution in [0, 0.1) is 5.92 Å². The number of amides is 1. The van der Waals surface area contributed by atoms with Crippen LogP contribution >= 0.6 is 0 Å². The van der Waals surface area contributed by atoms with E-state index < -0.39 is 0 Å². The van der Waals surface area contributed by atoms with Crippen LogP contribution in [0.15, 0.2) is 30.5 Å². The van der Waals surface area contributed by atoms with Crippen molar-refractivity contribution in [3.8, 4) is 0 Å². The maximum atomic E-state index is 12.6. The minimum Gasteiger partial charge on any atom is -0.463 e. The first kappa shape index (κ1) is 20.0. The maximum Gasteiger partial charge on any atom is 0.305 e. The zero-order valence-corrected chi connectivity index (χ0v) is 16.0. The molecule has 0 aliphatic carbocycles. The van der Waals surface area contributed by atoms with Crippen molar-refractivity contribution in [1.82, 2.24) is 15.6 Å². The standard InChI is InChI=1S/C20H29N3O3/c1-5-18(24)26-12-15(23-20(25)19(21-4)13(2)3)10-14-11-22-17-9-7-6-8-16(14)17/h6-9,11,13,15,19,21-22H,5,10,12H2,1-4H3,(H,23,25). The van der Waals surface area contributed by atoms with E-state index in [0.29, 0.717) is 12.8 Å². The highest BCUT2D eigenvalue weighted by Crippen LogP contribution is 2.19. The topological polar surface area (TPSA) is 83.2 Å². The van der Waals surface area contributed by atoms with Gasteiger partial charge >= 0.3 is 5.97 Å². The van der Waals surface area contributed by atoms with Crippen molar-refractivity contribution in [3.05, 3.63) is 36.0 Å². The third-order valence-corrected chi connectivity index (χ3v) is 4.48. The Labute approximate surface area is 154 Å². The summed E-state index contributed by atoms with van der Waals surface area (Å²) in [5, 5.41) is 7.20. The molecule has 0 aliphatic rings. The highest BCUT2D eigenvalue weighted by Gasteiger charge is 2.24. The molecule has 0 aliphatic heterocycles. The van der Waals surface area contributed by atoms with Crippen LogP contribution in [-0.4, -0.2) is 42.6 Å². The average molecular weight is 359 g/mol. The Balaban J connectivity index is 2.14. The molecule has 0 saturated carbocycles. The Morgan fingerprint density at radius 3 is 2.62 bits per heavy atom. The van der Waals surface area contributed by atoms with Crippen molar-refractivity contribution in [2.24, 2.45) is 5.92 Å². The fourth-order valence-corrected chi connectivity index (χ4v) is 3.07. The molecule has 6 heteroatoms. The first-order valence-corrected chi connectivity index (χ1v) is 9.14. The monoisotopic (exact) mass is 359 g/mol. The summed E-state index contributed by atoms with van der Waals surface area (Å²) in [4.78, 5) is 27.4. The molecule has 142 valence electrons. The zero-order chi connectivity index (χ0) is 19.1. The summed E-state index contributed by atoms with van der Waals surface area (Å²) >= 11 is 0. The largest absolute Gasteiger partial charge is 0.463 e. The van der Waals surface area contributed by atoms with Crippen molar-refractivity contribution < 1.29 is 14.3 Å². The van der Waals surface area contributed by atoms with E-state index in [9.17, 15) is 9.59 Å². The first-order valence-electron chi connectivity index (χ1n) is 9.14. The Kier molecular flexibility index (Phi) is 7.21. The van der Waals surface area contributed by atoms with Crippen LogP contribution in [0.1, 0.15) is 32.8 Å². The van der Waals surface area contributed by atoms with Crippen LogP contribution in [0.3, 0.4) is 0 Å². The van der Waals surface area contributed by atoms with E-state index in [0.717, 1.165) is 16.5 Å². The Hall–Kier alpha value is -2.34. The van der Waals surface area contributed by atoms with Crippen LogP contribution < -0.4 is 10.6 Å². The van der Waals surface area contributed by atoms with E-state index in [2.05, 4.69) is 15.6 Å². The third kappa shape index (κ3) is 5.08. The minimum atomic E-state index is -0.289. The molecule has 0 saturated heterocycles. The predicted molar refractivity (Wildman–Crippen MR) is 103 cm³/mol. The molecule has 1 amide bonds. The number of rotatable bonds is 9. The lowest BCUT2D eigenvalue weighted by Gasteiger charge is -2.24. The second kappa shape index (κ2) is 9.38. The first-order chi connectivity index (χ1) is 12.5. The zero-order valence-electron chi connectivity index (χ0n) is 16.0. The molecule has 1 heterocycles. The maximum absolute atomic E-state index is 12.6. The summed E-state index contributed by atoms with van der Waals surface area (Å²) in [5.74, 6) is -0.191. The second-order valence-corrected chi connectivity index (χ2v) is 6.82. The number of para-hydroxylation sites is 1. The van der Waals surface area contributed by atoms with Crippen LogP contribution in [0.5, 0.6) is 0 Å². The molecule has 2 atom stereocenters. The van der Waals surface area contributed by atoms with Crippen molar-refractivity contribution in [2.75, 3.05) is 13.7 Å². The quantitative estimate of drug-likeness (QED) is 0.600. The molecule has 26 heavy (non-hydrogen) atoms. The molecule has 0 bridgehead atoms. The van der Waals surface area contributed by atoms with E-state index in [-0.39, 0.29) is 36.5 Å². The van der Waals surface area contributed by atoms with Gasteiger partial charge in [0.2, 0.25) is 5.91 Å². The molecule has 2 rings (SSSR count). The molecule has 1 aromatic carbocycles. The smallest absolute Gasteiger partial charge is 0.305 e. The van der Waals surface area contributed by atoms with Gasteiger partial charge in [-0.05, 0) is 31.0 Å². The number of hydrogen-bond acceptors (Lipinski definition) is 4. The van der Waals surface area contributed by atoms with Gasteiger partial charge in [-0.25, -0.2) is 0 Å². The fourth-order valence-electron chi connectivity index (χ4n) is 3.07. The number of ether oxygens (including phenoxy) is 1. The summed E-state index contributed by atoms with van der Waals surface area (Å²) in [5.41, 5.74) is 2.14. The van der Waals surface area contributed by atoms with E-state index in [1.54, 1.807) is 14.0 Å². The van der Waals surface area contributed by atoms with Crippen LogP contribution in [0.25, 0.3) is 10.9 Å². The number of likely N-dealkylation sites (N-methyl/N-ethyl adjacent to an activating group) is 1. The number of nitrogens with one attached hydrogen (secondary N) is 3. The fraction of sp³-hybridized carbons (Fsp3) is 0.500. The Bertz CT molecular complexity index is 739. The lowest BCUT2D eigenvalue weighted by atomic mass is 10.0. The molecular formula is C20H29N3O3. The summed E-state index contributed by atoms with van der Waals surface area (Å²) in [6.07, 6.45) is 2.85. The molecule has 1 aromatic heterocycles. The summed E-state index contributed by atoms with van der Waals surface area (Å²) in [7, 11) is 1.77. The molecule has 3 N–H and O–H groups in total. The highest BCUT2D eigenvalue weighted by atomic mass is 16.5. The van der Waals surface area contributed by atoms with Gasteiger partial charge in [0.25, 0.3) is 0 Å². The molecule has 0 spiro atoms. The Morgan fingerprint density at radius 1 is 1.23 bits per heavy atom. The molecule has 0 radical (unpaired) electrons. The number of aromatic nitrogens is 1. The SMILES string of the molecule is CCC(=O)OCC(Cc1c[nH]c2ccccc12)NC(=O)C(NC)C(C)C. The van der Waals surface area contributed by atoms with Crippen LogP contribution in [-0.2, 0) is 20.7 Å². The molecule has 2 unspecified atom stereocenters. The van der Waals surface area contributed by atoms with Gasteiger partial charge in [-0.1, -0.05) is 39.0 Å². The van der Waals surface area contributed by atoms with Crippen molar-refractivity contribution in [1.29, 1.82) is 0 Å². The number of benzene rings is 1. The van der Waals surface area contributed by atoms with E-state index in [4.69, 9.17) is 4.74 Å². The van der Waals surface area contributed by atoms with Gasteiger partial charge in [-0.3, -0.25) is 9.59 Å². The summed E-state index contributed by atoms with van der Waals surface area (Å²) < 4.78 is 5.30. The lowest BCUT2D eigenvalue weighted by molar-refractivity contribution is -0.144. The van der Waals surface area contributed by atoms with Crippen molar-refractivity contribution >= 4 is 22.8 Å². The van der Waals surface area contributed by atoms with Gasteiger partial charge in [-0.15, -0.1) is 0 Å². The summed E-state index contributed by atoms with van der Waals surface area (Å²) in [6.45, 7) is 5.90. The van der Waals surface area contributed by atoms with Crippen molar-refractivity contribution in [2.45, 2.75) is 45.7 Å². The second-order valence-electron chi connectivity index (χ2n) is 6.82. The molecule has 6 nitrogen and oxygen atoms in total. The van der Waals surface area contributed by atoms with Gasteiger partial charge < -0.3 is 20.4 Å². The number of esters is 1. The number of hydrogen-bond donors (Lipinski definition) is 3. The van der Waals surface area contributed by atoms with Gasteiger partial charge in [0, 0.05) is 23.5 Å². The predicted octanol–water partition coefficient (Wildman–Crippen LogP) is 2.39. The third-order valence-electron chi connectivity index (χ3n) is 4.48. The lowest BCUT2D eigenvalue weighted by Crippen LogP contribution is -2.51. The number of carbonyl (C=O) groups is 2. The number of fused-ring (bicyclic) bond motifs is 1. The molecule has 2 aromatic rings. The minimum absolute atomic E-state index is 0.0834. The molecular weight excluding hydrogens is 330 g/mol. The Morgan fingerprint density at radius 2 is 1.96 bits per heavy atom. The van der Waals surface area contributed by atoms with Gasteiger partial charge in [0.1, 0.15) is 6.61 Å². The summed E-state index contributed by atoms with van der Waals surface area (Å²) in [6, 6.07) is 7.45. The number of H-pyrrole nitrogens is 1. The van der Waals surface area contributed by atoms with Gasteiger partial charge in [-0.2, -0.15) is 0 Å². The highest BCUT2D eigenvalue weighted by molar-refractivity contribution is 5.84. The van der Waals surface area contributed by atoms with Crippen LogP contribution in [0.2, 0.25) is 0 Å². The van der Waals surface area contributed by atoms with E-state index in [1.165, 1.54) is 0 Å². The average Bonchev–Trinajstić information content (AvgIpc) is 3.02. The molecule has 0 fully saturated rings. The van der Waals surface area contributed by atoms with E-state index >= 15 is 0 Å². The van der Waals surface area contributed by atoms with Crippen LogP contribution in [0.4, 0.5) is 0 Å². The van der Waals surface area contributed by atoms with Gasteiger partial charge in [0.15, 0.2) is 0 Å². The van der Waals surface area contributed by atoms with Crippen molar-refractivity contribution in [3.63, 3.8) is 0 Å². The van der Waals surface area contributed by atoms with Gasteiger partial charge in [0.05, 0.1) is 12.1 Å². The number of carbonyl (C=O) groups excluding carboxylic acids is 2. The normalized spacial score (nSPS) is 13.6. The number of aromatic amines is 1. The van der Waals surface area contributed by atoms with E-state index in [1.807, 2.05) is 44.3 Å².